The summed E-state index contributed by atoms with van der Waals surface area (Å²) in [5.74, 6) is -0.281. The van der Waals surface area contributed by atoms with E-state index in [4.69, 9.17) is 25.8 Å². The summed E-state index contributed by atoms with van der Waals surface area (Å²) in [7, 11) is -0.244. The van der Waals surface area contributed by atoms with E-state index in [1.54, 1.807) is 6.07 Å². The summed E-state index contributed by atoms with van der Waals surface area (Å²) in [5, 5.41) is 3.26. The predicted octanol–water partition coefficient (Wildman–Crippen LogP) is 6.12. The van der Waals surface area contributed by atoms with Crippen LogP contribution in [-0.2, 0) is 32.6 Å². The van der Waals surface area contributed by atoms with Crippen LogP contribution in [0.3, 0.4) is 0 Å². The third kappa shape index (κ3) is 9.24. The van der Waals surface area contributed by atoms with Crippen molar-refractivity contribution in [1.29, 1.82) is 0 Å². The molecule has 0 fully saturated rings. The quantitative estimate of drug-likeness (QED) is 0.149. The molecule has 0 unspecified atom stereocenters. The van der Waals surface area contributed by atoms with Gasteiger partial charge in [0.15, 0.2) is 11.5 Å². The highest BCUT2D eigenvalue weighted by Gasteiger charge is 2.36. The summed E-state index contributed by atoms with van der Waals surface area (Å²) in [6.07, 6.45) is 0.882. The molecule has 4 aromatic rings. The maximum atomic E-state index is 14.7. The van der Waals surface area contributed by atoms with Crippen LogP contribution in [0.15, 0.2) is 102 Å². The second-order valence-corrected chi connectivity index (χ2v) is 13.7. The molecule has 12 heteroatoms. The normalized spacial score (nSPS) is 12.4. The van der Waals surface area contributed by atoms with Gasteiger partial charge in [0.1, 0.15) is 18.3 Å². The molecular weight excluding hydrogens is 666 g/mol. The Bertz CT molecular complexity index is 1820. The van der Waals surface area contributed by atoms with Crippen molar-refractivity contribution in [3.05, 3.63) is 113 Å². The van der Waals surface area contributed by atoms with E-state index in [1.807, 2.05) is 74.5 Å². The van der Waals surface area contributed by atoms with Crippen molar-refractivity contribution in [2.24, 2.45) is 0 Å². The van der Waals surface area contributed by atoms with E-state index in [9.17, 15) is 18.0 Å². The zero-order valence-corrected chi connectivity index (χ0v) is 29.8. The van der Waals surface area contributed by atoms with Crippen LogP contribution in [-0.4, -0.2) is 65.1 Å². The van der Waals surface area contributed by atoms with Gasteiger partial charge < -0.3 is 24.4 Å². The number of anilines is 1. The highest BCUT2D eigenvalue weighted by Crippen LogP contribution is 2.37. The summed E-state index contributed by atoms with van der Waals surface area (Å²) in [4.78, 5) is 30.0. The number of benzene rings is 4. The topological polar surface area (TPSA) is 114 Å². The van der Waals surface area contributed by atoms with Crippen molar-refractivity contribution in [1.82, 2.24) is 10.2 Å². The lowest BCUT2D eigenvalue weighted by molar-refractivity contribution is -0.140. The molecule has 0 bridgehead atoms. The number of rotatable bonds is 16. The number of carbonyl (C=O) groups is 2. The minimum atomic E-state index is -4.48. The summed E-state index contributed by atoms with van der Waals surface area (Å²) < 4.78 is 46.3. The molecule has 4 aromatic carbocycles. The fraction of sp³-hybridized carbons (Fsp3) is 0.297. The number of hydrogen-bond acceptors (Lipinski definition) is 7. The van der Waals surface area contributed by atoms with Gasteiger partial charge in [-0.15, -0.1) is 0 Å². The van der Waals surface area contributed by atoms with Crippen LogP contribution in [0.1, 0.15) is 31.4 Å². The van der Waals surface area contributed by atoms with E-state index in [0.717, 1.165) is 15.4 Å². The molecule has 0 saturated carbocycles. The molecule has 2 atom stereocenters. The summed E-state index contributed by atoms with van der Waals surface area (Å²) >= 11 is 6.39. The van der Waals surface area contributed by atoms with E-state index >= 15 is 0 Å². The van der Waals surface area contributed by atoms with E-state index in [1.165, 1.54) is 56.6 Å². The highest BCUT2D eigenvalue weighted by molar-refractivity contribution is 7.92. The molecule has 49 heavy (non-hydrogen) atoms. The molecule has 0 saturated heterocycles. The van der Waals surface area contributed by atoms with E-state index in [0.29, 0.717) is 12.2 Å². The first kappa shape index (κ1) is 37.1. The molecule has 0 aliphatic rings. The number of halogens is 1. The van der Waals surface area contributed by atoms with Gasteiger partial charge in [0.2, 0.25) is 11.8 Å². The molecule has 2 amide bonds. The largest absolute Gasteiger partial charge is 0.495 e. The molecule has 4 rings (SSSR count). The van der Waals surface area contributed by atoms with Gasteiger partial charge in [0.25, 0.3) is 10.0 Å². The molecule has 0 aliphatic heterocycles. The van der Waals surface area contributed by atoms with Crippen LogP contribution in [0.5, 0.6) is 17.2 Å². The summed E-state index contributed by atoms with van der Waals surface area (Å²) in [5.41, 5.74) is 1.64. The van der Waals surface area contributed by atoms with Gasteiger partial charge in [-0.1, -0.05) is 79.2 Å². The monoisotopic (exact) mass is 707 g/mol. The lowest BCUT2D eigenvalue weighted by Gasteiger charge is -2.34. The van der Waals surface area contributed by atoms with Crippen molar-refractivity contribution in [2.45, 2.75) is 50.2 Å². The number of nitrogens with zero attached hydrogens (tertiary/aromatic N) is 2. The van der Waals surface area contributed by atoms with Crippen LogP contribution >= 0.6 is 11.6 Å². The van der Waals surface area contributed by atoms with Crippen LogP contribution in [0, 0.1) is 0 Å². The fourth-order valence-corrected chi connectivity index (χ4v) is 6.85. The van der Waals surface area contributed by atoms with Gasteiger partial charge in [0.05, 0.1) is 31.9 Å². The van der Waals surface area contributed by atoms with Gasteiger partial charge in [-0.3, -0.25) is 13.9 Å². The maximum absolute atomic E-state index is 14.7. The lowest BCUT2D eigenvalue weighted by atomic mass is 10.0. The number of sulfonamides is 1. The Kier molecular flexibility index (Phi) is 12.9. The second kappa shape index (κ2) is 17.1. The summed E-state index contributed by atoms with van der Waals surface area (Å²) in [6.45, 7) is 3.22. The molecule has 1 N–H and O–H groups in total. The van der Waals surface area contributed by atoms with Gasteiger partial charge >= 0.3 is 0 Å². The number of hydrogen-bond donors (Lipinski definition) is 1. The lowest BCUT2D eigenvalue weighted by Crippen LogP contribution is -2.54. The Labute approximate surface area is 293 Å². The van der Waals surface area contributed by atoms with Crippen LogP contribution in [0.4, 0.5) is 5.69 Å². The first-order valence-corrected chi connectivity index (χ1v) is 17.6. The second-order valence-electron chi connectivity index (χ2n) is 11.4. The molecule has 0 heterocycles. The molecule has 0 radical (unpaired) electrons. The third-order valence-electron chi connectivity index (χ3n) is 8.10. The van der Waals surface area contributed by atoms with Crippen molar-refractivity contribution >= 4 is 39.1 Å². The van der Waals surface area contributed by atoms with Crippen molar-refractivity contribution in [3.8, 4) is 17.2 Å². The minimum absolute atomic E-state index is 0.0430. The first-order valence-electron chi connectivity index (χ1n) is 15.8. The van der Waals surface area contributed by atoms with E-state index < -0.39 is 28.5 Å². The van der Waals surface area contributed by atoms with Gasteiger partial charge in [-0.2, -0.15) is 0 Å². The minimum Gasteiger partial charge on any atom is -0.495 e. The molecule has 10 nitrogen and oxygen atoms in total. The van der Waals surface area contributed by atoms with E-state index in [-0.39, 0.29) is 52.0 Å². The van der Waals surface area contributed by atoms with Crippen molar-refractivity contribution in [2.75, 3.05) is 32.2 Å². The van der Waals surface area contributed by atoms with Crippen molar-refractivity contribution in [3.63, 3.8) is 0 Å². The first-order chi connectivity index (χ1) is 23.5. The van der Waals surface area contributed by atoms with E-state index in [2.05, 4.69) is 5.32 Å². The Morgan fingerprint density at radius 1 is 0.796 bits per heavy atom. The van der Waals surface area contributed by atoms with Crippen molar-refractivity contribution < 1.29 is 32.2 Å². The molecule has 260 valence electrons. The fourth-order valence-electron chi connectivity index (χ4n) is 5.25. The smallest absolute Gasteiger partial charge is 0.265 e. The Balaban J connectivity index is 1.87. The molecular formula is C37H42ClN3O7S. The highest BCUT2D eigenvalue weighted by atomic mass is 35.5. The summed E-state index contributed by atoms with van der Waals surface area (Å²) in [6, 6.07) is 26.2. The maximum Gasteiger partial charge on any atom is 0.265 e. The SMILES string of the molecule is CC[C@H](C)NC(=O)[C@@H](Cc1ccccc1)N(Cc1ccccc1)C(=O)CN(c1cc(Cl)ccc1OC)S(=O)(=O)c1ccc(OC)c(OC)c1. The van der Waals surface area contributed by atoms with Crippen LogP contribution in [0.25, 0.3) is 0 Å². The zero-order chi connectivity index (χ0) is 35.6. The Hall–Kier alpha value is -4.74. The molecule has 0 aliphatic carbocycles. The van der Waals surface area contributed by atoms with Gasteiger partial charge in [-0.25, -0.2) is 8.42 Å². The number of amides is 2. The standard InChI is InChI=1S/C37H42ClN3O7S/c1-6-26(2)39-37(43)32(21-27-13-9-7-10-14-27)40(24-28-15-11-8-12-16-28)36(42)25-41(31-22-29(38)17-19-33(31)46-3)49(44,45)30-18-20-34(47-4)35(23-30)48-5/h7-20,22-23,26,32H,6,21,24-25H2,1-5H3,(H,39,43)/t26-,32+/m0/s1. The van der Waals surface area contributed by atoms with Crippen LogP contribution < -0.4 is 23.8 Å². The number of nitrogens with one attached hydrogen (secondary N) is 1. The molecule has 0 spiro atoms. The Morgan fingerprint density at radius 3 is 1.98 bits per heavy atom. The Morgan fingerprint density at radius 2 is 1.39 bits per heavy atom. The van der Waals surface area contributed by atoms with Gasteiger partial charge in [0, 0.05) is 30.1 Å². The van der Waals surface area contributed by atoms with Crippen LogP contribution in [0.2, 0.25) is 5.02 Å². The zero-order valence-electron chi connectivity index (χ0n) is 28.3. The average molecular weight is 708 g/mol. The number of carbonyl (C=O) groups excluding carboxylic acids is 2. The number of ether oxygens (including phenoxy) is 3. The predicted molar refractivity (Wildman–Crippen MR) is 191 cm³/mol. The molecule has 0 aromatic heterocycles. The third-order valence-corrected chi connectivity index (χ3v) is 10.1. The average Bonchev–Trinajstić information content (AvgIpc) is 3.12. The number of methoxy groups -OCH3 is 3. The van der Waals surface area contributed by atoms with Gasteiger partial charge in [-0.05, 0) is 54.8 Å².